The molecule has 0 spiro atoms. The van der Waals surface area contributed by atoms with Crippen LogP contribution in [0.15, 0.2) is 16.9 Å². The summed E-state index contributed by atoms with van der Waals surface area (Å²) in [6.45, 7) is 3.00. The van der Waals surface area contributed by atoms with Gasteiger partial charge in [-0.25, -0.2) is 0 Å². The average Bonchev–Trinajstić information content (AvgIpc) is 3.17. The van der Waals surface area contributed by atoms with Crippen LogP contribution in [0.5, 0.6) is 0 Å². The molecule has 1 aliphatic carbocycles. The van der Waals surface area contributed by atoms with Crippen LogP contribution in [0.25, 0.3) is 0 Å². The standard InChI is InChI=1S/C21H35N3O3/c1-2-3-4-5-6-10-13-21(26)24(16-18-11-8-7-9-12-18)17-20(25)22-19-14-15-27-23-19/h14-15,18H,2-13,16-17H2,1H3,(H,22,23,25). The molecule has 0 unspecified atom stereocenters. The summed E-state index contributed by atoms with van der Waals surface area (Å²) in [7, 11) is 0. The third kappa shape index (κ3) is 8.59. The van der Waals surface area contributed by atoms with E-state index in [2.05, 4.69) is 17.4 Å². The van der Waals surface area contributed by atoms with Gasteiger partial charge in [-0.1, -0.05) is 63.4 Å². The number of unbranched alkanes of at least 4 members (excludes halogenated alkanes) is 5. The second kappa shape index (κ2) is 12.5. The highest BCUT2D eigenvalue weighted by molar-refractivity contribution is 5.93. The van der Waals surface area contributed by atoms with Crippen LogP contribution in [0.1, 0.15) is 84.0 Å². The quantitative estimate of drug-likeness (QED) is 0.532. The van der Waals surface area contributed by atoms with Crippen LogP contribution in [-0.4, -0.2) is 35.0 Å². The van der Waals surface area contributed by atoms with Crippen LogP contribution in [0.3, 0.4) is 0 Å². The predicted octanol–water partition coefficient (Wildman–Crippen LogP) is 4.77. The van der Waals surface area contributed by atoms with Crippen molar-refractivity contribution in [1.82, 2.24) is 10.1 Å². The second-order valence-corrected chi connectivity index (χ2v) is 7.73. The van der Waals surface area contributed by atoms with E-state index in [1.165, 1.54) is 51.2 Å². The van der Waals surface area contributed by atoms with Crippen LogP contribution in [-0.2, 0) is 9.59 Å². The van der Waals surface area contributed by atoms with Crippen molar-refractivity contribution in [3.05, 3.63) is 12.3 Å². The molecule has 0 radical (unpaired) electrons. The van der Waals surface area contributed by atoms with E-state index in [1.54, 1.807) is 11.0 Å². The number of hydrogen-bond acceptors (Lipinski definition) is 4. The van der Waals surface area contributed by atoms with Crippen LogP contribution in [0.4, 0.5) is 5.82 Å². The Labute approximate surface area is 163 Å². The van der Waals surface area contributed by atoms with Crippen molar-refractivity contribution in [2.24, 2.45) is 5.92 Å². The minimum atomic E-state index is -0.212. The van der Waals surface area contributed by atoms with E-state index in [4.69, 9.17) is 4.52 Å². The normalized spacial score (nSPS) is 14.9. The molecule has 27 heavy (non-hydrogen) atoms. The van der Waals surface area contributed by atoms with Gasteiger partial charge in [-0.3, -0.25) is 9.59 Å². The summed E-state index contributed by atoms with van der Waals surface area (Å²) in [5.74, 6) is 0.801. The summed E-state index contributed by atoms with van der Waals surface area (Å²) in [6, 6.07) is 1.60. The molecule has 1 heterocycles. The monoisotopic (exact) mass is 377 g/mol. The van der Waals surface area contributed by atoms with E-state index in [-0.39, 0.29) is 18.4 Å². The fourth-order valence-corrected chi connectivity index (χ4v) is 3.78. The average molecular weight is 378 g/mol. The van der Waals surface area contributed by atoms with E-state index in [1.807, 2.05) is 0 Å². The predicted molar refractivity (Wildman–Crippen MR) is 106 cm³/mol. The van der Waals surface area contributed by atoms with Crippen LogP contribution in [0, 0.1) is 5.92 Å². The molecule has 2 rings (SSSR count). The number of nitrogens with zero attached hydrogens (tertiary/aromatic N) is 2. The van der Waals surface area contributed by atoms with Crippen molar-refractivity contribution in [3.63, 3.8) is 0 Å². The maximum atomic E-state index is 12.8. The lowest BCUT2D eigenvalue weighted by Gasteiger charge is -2.29. The maximum absolute atomic E-state index is 12.8. The summed E-state index contributed by atoms with van der Waals surface area (Å²) in [5, 5.41) is 6.40. The Morgan fingerprint density at radius 3 is 2.59 bits per heavy atom. The lowest BCUT2D eigenvalue weighted by Crippen LogP contribution is -2.41. The number of hydrogen-bond donors (Lipinski definition) is 1. The zero-order valence-corrected chi connectivity index (χ0v) is 16.8. The topological polar surface area (TPSA) is 75.4 Å². The summed E-state index contributed by atoms with van der Waals surface area (Å²) in [4.78, 5) is 26.8. The molecule has 2 amide bonds. The third-order valence-corrected chi connectivity index (χ3v) is 5.34. The molecule has 0 bridgehead atoms. The summed E-state index contributed by atoms with van der Waals surface area (Å²) in [6.07, 6.45) is 15.0. The highest BCUT2D eigenvalue weighted by Crippen LogP contribution is 2.25. The van der Waals surface area contributed by atoms with E-state index < -0.39 is 0 Å². The highest BCUT2D eigenvalue weighted by Gasteiger charge is 2.23. The number of carbonyl (C=O) groups is 2. The Hall–Kier alpha value is -1.85. The van der Waals surface area contributed by atoms with Crippen molar-refractivity contribution < 1.29 is 14.1 Å². The summed E-state index contributed by atoms with van der Waals surface area (Å²) < 4.78 is 4.74. The minimum absolute atomic E-state index is 0.0953. The first kappa shape index (κ1) is 21.5. The number of rotatable bonds is 12. The van der Waals surface area contributed by atoms with Crippen LogP contribution >= 0.6 is 0 Å². The van der Waals surface area contributed by atoms with E-state index in [0.717, 1.165) is 25.7 Å². The molecule has 1 saturated carbocycles. The van der Waals surface area contributed by atoms with Crippen molar-refractivity contribution in [2.75, 3.05) is 18.4 Å². The molecule has 0 aliphatic heterocycles. The van der Waals surface area contributed by atoms with Crippen molar-refractivity contribution in [1.29, 1.82) is 0 Å². The SMILES string of the molecule is CCCCCCCCC(=O)N(CC(=O)Nc1ccon1)CC1CCCCC1. The molecule has 1 aliphatic rings. The van der Waals surface area contributed by atoms with E-state index >= 15 is 0 Å². The molecular weight excluding hydrogens is 342 g/mol. The van der Waals surface area contributed by atoms with Gasteiger partial charge >= 0.3 is 0 Å². The summed E-state index contributed by atoms with van der Waals surface area (Å²) in [5.41, 5.74) is 0. The molecule has 1 aromatic rings. The smallest absolute Gasteiger partial charge is 0.245 e. The van der Waals surface area contributed by atoms with Crippen molar-refractivity contribution in [3.8, 4) is 0 Å². The lowest BCUT2D eigenvalue weighted by molar-refractivity contribution is -0.135. The second-order valence-electron chi connectivity index (χ2n) is 7.73. The Kier molecular flexibility index (Phi) is 9.95. The Morgan fingerprint density at radius 2 is 1.89 bits per heavy atom. The zero-order valence-electron chi connectivity index (χ0n) is 16.8. The zero-order chi connectivity index (χ0) is 19.3. The van der Waals surface area contributed by atoms with Crippen molar-refractivity contribution in [2.45, 2.75) is 84.0 Å². The number of anilines is 1. The molecule has 1 N–H and O–H groups in total. The fraction of sp³-hybridized carbons (Fsp3) is 0.762. The van der Waals surface area contributed by atoms with E-state index in [0.29, 0.717) is 24.7 Å². The molecular formula is C21H35N3O3. The maximum Gasteiger partial charge on any atom is 0.245 e. The largest absolute Gasteiger partial charge is 0.363 e. The first-order chi connectivity index (χ1) is 13.2. The number of amides is 2. The molecule has 1 aromatic heterocycles. The Bertz CT molecular complexity index is 539. The van der Waals surface area contributed by atoms with Crippen LogP contribution < -0.4 is 5.32 Å². The summed E-state index contributed by atoms with van der Waals surface area (Å²) >= 11 is 0. The first-order valence-electron chi connectivity index (χ1n) is 10.7. The highest BCUT2D eigenvalue weighted by atomic mass is 16.5. The van der Waals surface area contributed by atoms with Gasteiger partial charge in [0, 0.05) is 19.0 Å². The minimum Gasteiger partial charge on any atom is -0.363 e. The molecule has 1 fully saturated rings. The number of aromatic nitrogens is 1. The van der Waals surface area contributed by atoms with Gasteiger partial charge in [0.1, 0.15) is 6.26 Å². The van der Waals surface area contributed by atoms with Gasteiger partial charge in [0.15, 0.2) is 5.82 Å². The van der Waals surface area contributed by atoms with E-state index in [9.17, 15) is 9.59 Å². The van der Waals surface area contributed by atoms with Gasteiger partial charge in [-0.15, -0.1) is 0 Å². The van der Waals surface area contributed by atoms with Crippen LogP contribution in [0.2, 0.25) is 0 Å². The number of carbonyl (C=O) groups excluding carboxylic acids is 2. The molecule has 6 nitrogen and oxygen atoms in total. The molecule has 0 atom stereocenters. The Balaban J connectivity index is 1.81. The molecule has 152 valence electrons. The molecule has 0 saturated heterocycles. The van der Waals surface area contributed by atoms with Gasteiger partial charge in [-0.2, -0.15) is 0 Å². The van der Waals surface area contributed by atoms with Gasteiger partial charge < -0.3 is 14.7 Å². The van der Waals surface area contributed by atoms with Crippen molar-refractivity contribution >= 4 is 17.6 Å². The lowest BCUT2D eigenvalue weighted by atomic mass is 9.89. The van der Waals surface area contributed by atoms with Gasteiger partial charge in [0.05, 0.1) is 6.54 Å². The Morgan fingerprint density at radius 1 is 1.15 bits per heavy atom. The molecule has 6 heteroatoms. The number of nitrogens with one attached hydrogen (secondary N) is 1. The third-order valence-electron chi connectivity index (χ3n) is 5.34. The fourth-order valence-electron chi connectivity index (χ4n) is 3.78. The van der Waals surface area contributed by atoms with Gasteiger partial charge in [0.25, 0.3) is 0 Å². The van der Waals surface area contributed by atoms with Gasteiger partial charge in [0.2, 0.25) is 11.8 Å². The first-order valence-corrected chi connectivity index (χ1v) is 10.7. The molecule has 0 aromatic carbocycles. The van der Waals surface area contributed by atoms with Gasteiger partial charge in [-0.05, 0) is 25.2 Å².